The van der Waals surface area contributed by atoms with Crippen molar-refractivity contribution in [3.8, 4) is 0 Å². The summed E-state index contributed by atoms with van der Waals surface area (Å²) in [5, 5.41) is 6.03. The van der Waals surface area contributed by atoms with E-state index >= 15 is 0 Å². The monoisotopic (exact) mass is 430 g/mol. The maximum Gasteiger partial charge on any atom is 0.291 e. The number of hydrogen-bond donors (Lipinski definition) is 2. The van der Waals surface area contributed by atoms with Gasteiger partial charge in [-0.15, -0.1) is 0 Å². The van der Waals surface area contributed by atoms with Gasteiger partial charge in [0.2, 0.25) is 5.91 Å². The van der Waals surface area contributed by atoms with Crippen LogP contribution in [0, 0.1) is 6.92 Å². The molecule has 8 heteroatoms. The number of fused-ring (bicyclic) bond motifs is 1. The molecule has 0 aliphatic heterocycles. The molecule has 0 radical (unpaired) electrons. The highest BCUT2D eigenvalue weighted by atomic mass is 16.3. The summed E-state index contributed by atoms with van der Waals surface area (Å²) >= 11 is 0. The Hall–Kier alpha value is -4.20. The summed E-state index contributed by atoms with van der Waals surface area (Å²) in [6.45, 7) is 3.57. The smallest absolute Gasteiger partial charge is 0.291 e. The standard InChI is InChI=1S/C24H22N4O4/c1-3-21-26-18-8-5-4-7-17(18)24(31)28(21)14-22(29)27-19-13-16(11-10-15(19)2)25-23(30)20-9-6-12-32-20/h4-13H,3,14H2,1-2H3,(H,25,30)(H,27,29). The molecular weight excluding hydrogens is 408 g/mol. The van der Waals surface area contributed by atoms with Gasteiger partial charge >= 0.3 is 0 Å². The molecule has 4 aromatic rings. The van der Waals surface area contributed by atoms with Crippen LogP contribution in [0.4, 0.5) is 11.4 Å². The van der Waals surface area contributed by atoms with Gasteiger partial charge in [0.25, 0.3) is 11.5 Å². The number of para-hydroxylation sites is 1. The third-order valence-electron chi connectivity index (χ3n) is 5.07. The molecule has 2 amide bonds. The van der Waals surface area contributed by atoms with Crippen molar-refractivity contribution in [1.29, 1.82) is 0 Å². The van der Waals surface area contributed by atoms with E-state index in [4.69, 9.17) is 4.42 Å². The molecule has 0 bridgehead atoms. The maximum absolute atomic E-state index is 12.9. The Morgan fingerprint density at radius 2 is 1.88 bits per heavy atom. The molecule has 0 fully saturated rings. The van der Waals surface area contributed by atoms with Gasteiger partial charge in [-0.25, -0.2) is 4.98 Å². The van der Waals surface area contributed by atoms with Crippen molar-refractivity contribution in [3.05, 3.63) is 88.4 Å². The first-order valence-electron chi connectivity index (χ1n) is 10.2. The van der Waals surface area contributed by atoms with Crippen LogP contribution in [0.1, 0.15) is 28.9 Å². The molecule has 2 aromatic heterocycles. The number of hydrogen-bond acceptors (Lipinski definition) is 5. The minimum atomic E-state index is -0.391. The van der Waals surface area contributed by atoms with Crippen molar-refractivity contribution < 1.29 is 14.0 Å². The van der Waals surface area contributed by atoms with Gasteiger partial charge in [0.1, 0.15) is 12.4 Å². The summed E-state index contributed by atoms with van der Waals surface area (Å²) in [7, 11) is 0. The van der Waals surface area contributed by atoms with E-state index in [1.165, 1.54) is 10.8 Å². The Balaban J connectivity index is 1.55. The van der Waals surface area contributed by atoms with Crippen LogP contribution >= 0.6 is 0 Å². The highest BCUT2D eigenvalue weighted by Gasteiger charge is 2.15. The maximum atomic E-state index is 12.9. The van der Waals surface area contributed by atoms with E-state index in [0.717, 1.165) is 5.56 Å². The van der Waals surface area contributed by atoms with Crippen LogP contribution in [0.15, 0.2) is 70.1 Å². The lowest BCUT2D eigenvalue weighted by atomic mass is 10.1. The van der Waals surface area contributed by atoms with Crippen molar-refractivity contribution >= 4 is 34.1 Å². The summed E-state index contributed by atoms with van der Waals surface area (Å²) in [4.78, 5) is 42.5. The average molecular weight is 430 g/mol. The van der Waals surface area contributed by atoms with E-state index in [0.29, 0.717) is 34.5 Å². The van der Waals surface area contributed by atoms with E-state index < -0.39 is 5.91 Å². The van der Waals surface area contributed by atoms with Crippen molar-refractivity contribution in [1.82, 2.24) is 9.55 Å². The van der Waals surface area contributed by atoms with E-state index in [1.54, 1.807) is 48.5 Å². The zero-order valence-electron chi connectivity index (χ0n) is 17.7. The minimum absolute atomic E-state index is 0.164. The number of amides is 2. The van der Waals surface area contributed by atoms with Gasteiger partial charge in [-0.1, -0.05) is 25.1 Å². The molecule has 8 nitrogen and oxygen atoms in total. The van der Waals surface area contributed by atoms with Gasteiger partial charge in [0.15, 0.2) is 5.76 Å². The highest BCUT2D eigenvalue weighted by Crippen LogP contribution is 2.21. The number of carbonyl (C=O) groups is 2. The lowest BCUT2D eigenvalue weighted by Gasteiger charge is -2.14. The van der Waals surface area contributed by atoms with Gasteiger partial charge in [-0.2, -0.15) is 0 Å². The van der Waals surface area contributed by atoms with Crippen LogP contribution < -0.4 is 16.2 Å². The molecule has 0 atom stereocenters. The van der Waals surface area contributed by atoms with Gasteiger partial charge < -0.3 is 15.1 Å². The normalized spacial score (nSPS) is 10.8. The van der Waals surface area contributed by atoms with Gasteiger partial charge in [0.05, 0.1) is 17.2 Å². The number of nitrogens with one attached hydrogen (secondary N) is 2. The molecule has 0 saturated carbocycles. The summed E-state index contributed by atoms with van der Waals surface area (Å²) in [5.74, 6) is -0.0273. The zero-order valence-corrected chi connectivity index (χ0v) is 17.7. The summed E-state index contributed by atoms with van der Waals surface area (Å²) in [6, 6.07) is 15.5. The van der Waals surface area contributed by atoms with E-state index in [2.05, 4.69) is 15.6 Å². The van der Waals surface area contributed by atoms with Gasteiger partial charge in [-0.05, 0) is 48.9 Å². The predicted octanol–water partition coefficient (Wildman–Crippen LogP) is 3.75. The first kappa shape index (κ1) is 21.0. The number of aromatic nitrogens is 2. The summed E-state index contributed by atoms with van der Waals surface area (Å²) in [6.07, 6.45) is 1.94. The molecule has 32 heavy (non-hydrogen) atoms. The number of carbonyl (C=O) groups excluding carboxylic acids is 2. The molecule has 2 N–H and O–H groups in total. The first-order chi connectivity index (χ1) is 15.5. The van der Waals surface area contributed by atoms with Crippen LogP contribution in [0.3, 0.4) is 0 Å². The van der Waals surface area contributed by atoms with Crippen LogP contribution in [-0.2, 0) is 17.8 Å². The number of benzene rings is 2. The first-order valence-corrected chi connectivity index (χ1v) is 10.2. The molecule has 0 aliphatic carbocycles. The molecule has 0 saturated heterocycles. The van der Waals surface area contributed by atoms with Crippen LogP contribution in [0.2, 0.25) is 0 Å². The second-order valence-electron chi connectivity index (χ2n) is 7.30. The predicted molar refractivity (Wildman–Crippen MR) is 122 cm³/mol. The van der Waals surface area contributed by atoms with Crippen LogP contribution in [0.5, 0.6) is 0 Å². The molecule has 0 aliphatic rings. The second kappa shape index (κ2) is 8.89. The van der Waals surface area contributed by atoms with Gasteiger partial charge in [0, 0.05) is 17.8 Å². The number of furan rings is 1. The highest BCUT2D eigenvalue weighted by molar-refractivity contribution is 6.03. The second-order valence-corrected chi connectivity index (χ2v) is 7.30. The average Bonchev–Trinajstić information content (AvgIpc) is 3.33. The minimum Gasteiger partial charge on any atom is -0.459 e. The quantitative estimate of drug-likeness (QED) is 0.485. The third-order valence-corrected chi connectivity index (χ3v) is 5.07. The number of nitrogens with zero attached hydrogens (tertiary/aromatic N) is 2. The van der Waals surface area contributed by atoms with Gasteiger partial charge in [-0.3, -0.25) is 19.0 Å². The molecule has 2 heterocycles. The lowest BCUT2D eigenvalue weighted by Crippen LogP contribution is -2.31. The fourth-order valence-electron chi connectivity index (χ4n) is 3.42. The molecule has 4 rings (SSSR count). The Bertz CT molecular complexity index is 1360. The fourth-order valence-corrected chi connectivity index (χ4v) is 3.42. The summed E-state index contributed by atoms with van der Waals surface area (Å²) in [5.41, 5.74) is 2.22. The third kappa shape index (κ3) is 4.29. The Labute approximate surface area is 183 Å². The van der Waals surface area contributed by atoms with E-state index in [1.807, 2.05) is 19.9 Å². The van der Waals surface area contributed by atoms with Crippen LogP contribution in [0.25, 0.3) is 10.9 Å². The van der Waals surface area contributed by atoms with Crippen LogP contribution in [-0.4, -0.2) is 21.4 Å². The molecule has 0 spiro atoms. The Morgan fingerprint density at radius 1 is 1.06 bits per heavy atom. The fraction of sp³-hybridized carbons (Fsp3) is 0.167. The number of aryl methyl sites for hydroxylation is 2. The van der Waals surface area contributed by atoms with E-state index in [-0.39, 0.29) is 23.8 Å². The molecular formula is C24H22N4O4. The van der Waals surface area contributed by atoms with E-state index in [9.17, 15) is 14.4 Å². The Morgan fingerprint density at radius 3 is 2.62 bits per heavy atom. The molecule has 162 valence electrons. The van der Waals surface area contributed by atoms with Crippen molar-refractivity contribution in [2.24, 2.45) is 0 Å². The molecule has 0 unspecified atom stereocenters. The van der Waals surface area contributed by atoms with Crippen molar-refractivity contribution in [2.45, 2.75) is 26.8 Å². The zero-order chi connectivity index (χ0) is 22.7. The largest absolute Gasteiger partial charge is 0.459 e. The number of anilines is 2. The molecule has 2 aromatic carbocycles. The van der Waals surface area contributed by atoms with Crippen molar-refractivity contribution in [3.63, 3.8) is 0 Å². The van der Waals surface area contributed by atoms with Crippen molar-refractivity contribution in [2.75, 3.05) is 10.6 Å². The SMILES string of the molecule is CCc1nc2ccccc2c(=O)n1CC(=O)Nc1cc(NC(=O)c2ccco2)ccc1C. The summed E-state index contributed by atoms with van der Waals surface area (Å²) < 4.78 is 6.49. The number of rotatable bonds is 6. The Kier molecular flexibility index (Phi) is 5.85. The topological polar surface area (TPSA) is 106 Å². The lowest BCUT2D eigenvalue weighted by molar-refractivity contribution is -0.116.